The molecule has 18 heavy (non-hydrogen) atoms. The van der Waals surface area contributed by atoms with E-state index in [0.717, 1.165) is 19.4 Å². The normalized spacial score (nSPS) is 12.2. The molecule has 2 amide bonds. The number of nitrogens with zero attached hydrogens (tertiary/aromatic N) is 1. The number of nitrogens with one attached hydrogen (secondary N) is 2. The number of carboxylic acid groups (broad SMARTS) is 1. The van der Waals surface area contributed by atoms with Crippen LogP contribution >= 0.6 is 0 Å². The second-order valence-electron chi connectivity index (χ2n) is 4.26. The number of carbonyl (C=O) groups excluding carboxylic acids is 1. The van der Waals surface area contributed by atoms with Crippen molar-refractivity contribution >= 4 is 12.0 Å². The molecule has 0 radical (unpaired) electrons. The summed E-state index contributed by atoms with van der Waals surface area (Å²) in [6.45, 7) is 1.44. The van der Waals surface area contributed by atoms with Crippen molar-refractivity contribution in [3.8, 4) is 0 Å². The molecule has 0 bridgehead atoms. The van der Waals surface area contributed by atoms with Crippen LogP contribution in [0.1, 0.15) is 12.8 Å². The van der Waals surface area contributed by atoms with Gasteiger partial charge in [-0.05, 0) is 33.5 Å². The van der Waals surface area contributed by atoms with Gasteiger partial charge in [-0.3, -0.25) is 0 Å². The van der Waals surface area contributed by atoms with Crippen molar-refractivity contribution in [1.29, 1.82) is 0 Å². The summed E-state index contributed by atoms with van der Waals surface area (Å²) in [6, 6.07) is -1.50. The summed E-state index contributed by atoms with van der Waals surface area (Å²) in [4.78, 5) is 24.2. The molecule has 0 aromatic rings. The van der Waals surface area contributed by atoms with Crippen LogP contribution in [0, 0.1) is 0 Å². The maximum absolute atomic E-state index is 11.4. The summed E-state index contributed by atoms with van der Waals surface area (Å²) in [5.41, 5.74) is 0. The Morgan fingerprint density at radius 1 is 1.33 bits per heavy atom. The van der Waals surface area contributed by atoms with Gasteiger partial charge in [-0.15, -0.1) is 0 Å². The van der Waals surface area contributed by atoms with Gasteiger partial charge < -0.3 is 25.4 Å². The number of carboxylic acids is 1. The Morgan fingerprint density at radius 2 is 2.00 bits per heavy atom. The van der Waals surface area contributed by atoms with E-state index in [1.54, 1.807) is 0 Å². The predicted octanol–water partition coefficient (Wildman–Crippen LogP) is -0.273. The number of aliphatic carboxylic acids is 1. The molecular formula is C11H23N3O4. The monoisotopic (exact) mass is 261 g/mol. The lowest BCUT2D eigenvalue weighted by Gasteiger charge is -2.14. The Labute approximate surface area is 107 Å². The Hall–Kier alpha value is -1.34. The molecule has 0 aromatic heterocycles. The van der Waals surface area contributed by atoms with E-state index >= 15 is 0 Å². The summed E-state index contributed by atoms with van der Waals surface area (Å²) in [5, 5.41) is 13.7. The van der Waals surface area contributed by atoms with E-state index in [2.05, 4.69) is 15.5 Å². The Kier molecular flexibility index (Phi) is 8.95. The van der Waals surface area contributed by atoms with Gasteiger partial charge in [0, 0.05) is 13.7 Å². The first kappa shape index (κ1) is 16.7. The molecule has 1 unspecified atom stereocenters. The molecule has 0 aliphatic heterocycles. The molecule has 7 nitrogen and oxygen atoms in total. The van der Waals surface area contributed by atoms with Crippen molar-refractivity contribution in [2.45, 2.75) is 18.9 Å². The van der Waals surface area contributed by atoms with Crippen molar-refractivity contribution in [1.82, 2.24) is 15.5 Å². The minimum absolute atomic E-state index is 0.0522. The van der Waals surface area contributed by atoms with Gasteiger partial charge in [-0.1, -0.05) is 0 Å². The predicted molar refractivity (Wildman–Crippen MR) is 67.6 cm³/mol. The van der Waals surface area contributed by atoms with E-state index in [1.807, 2.05) is 14.1 Å². The fraction of sp³-hybridized carbons (Fsp3) is 0.818. The topological polar surface area (TPSA) is 90.9 Å². The molecule has 0 spiro atoms. The van der Waals surface area contributed by atoms with Gasteiger partial charge >= 0.3 is 12.0 Å². The highest BCUT2D eigenvalue weighted by molar-refractivity contribution is 5.82. The average molecular weight is 261 g/mol. The van der Waals surface area contributed by atoms with Gasteiger partial charge in [0.1, 0.15) is 0 Å². The summed E-state index contributed by atoms with van der Waals surface area (Å²) < 4.78 is 4.71. The molecule has 3 N–H and O–H groups in total. The first-order valence-electron chi connectivity index (χ1n) is 5.88. The van der Waals surface area contributed by atoms with Crippen LogP contribution < -0.4 is 10.6 Å². The molecule has 0 aliphatic rings. The average Bonchev–Trinajstić information content (AvgIpc) is 2.27. The summed E-state index contributed by atoms with van der Waals surface area (Å²) in [5.74, 6) is -1.11. The van der Waals surface area contributed by atoms with E-state index in [9.17, 15) is 9.59 Å². The quantitative estimate of drug-likeness (QED) is 0.497. The lowest BCUT2D eigenvalue weighted by atomic mass is 10.3. The third-order valence-corrected chi connectivity index (χ3v) is 2.25. The van der Waals surface area contributed by atoms with Crippen molar-refractivity contribution in [2.24, 2.45) is 0 Å². The molecule has 0 fully saturated rings. The van der Waals surface area contributed by atoms with Crippen LogP contribution in [0.3, 0.4) is 0 Å². The maximum Gasteiger partial charge on any atom is 0.328 e. The molecule has 0 heterocycles. The molecule has 0 rings (SSSR count). The molecule has 0 saturated carbocycles. The third kappa shape index (κ3) is 8.77. The van der Waals surface area contributed by atoms with Crippen LogP contribution in [0.4, 0.5) is 4.79 Å². The van der Waals surface area contributed by atoms with E-state index < -0.39 is 18.0 Å². The number of hydrogen-bond acceptors (Lipinski definition) is 4. The van der Waals surface area contributed by atoms with Crippen LogP contribution in [0.15, 0.2) is 0 Å². The molecule has 0 aromatic carbocycles. The smallest absolute Gasteiger partial charge is 0.328 e. The molecule has 1 atom stereocenters. The van der Waals surface area contributed by atoms with Gasteiger partial charge in [0.2, 0.25) is 0 Å². The third-order valence-electron chi connectivity index (χ3n) is 2.25. The van der Waals surface area contributed by atoms with Crippen molar-refractivity contribution < 1.29 is 19.4 Å². The second-order valence-corrected chi connectivity index (χ2v) is 4.26. The highest BCUT2D eigenvalue weighted by atomic mass is 16.5. The zero-order valence-electron chi connectivity index (χ0n) is 11.2. The molecule has 7 heteroatoms. The fourth-order valence-electron chi connectivity index (χ4n) is 1.31. The van der Waals surface area contributed by atoms with Crippen LogP contribution in [0.25, 0.3) is 0 Å². The number of methoxy groups -OCH3 is 1. The van der Waals surface area contributed by atoms with Crippen molar-refractivity contribution in [2.75, 3.05) is 40.9 Å². The second kappa shape index (κ2) is 9.67. The van der Waals surface area contributed by atoms with Crippen molar-refractivity contribution in [3.63, 3.8) is 0 Å². The Balaban J connectivity index is 3.71. The first-order valence-corrected chi connectivity index (χ1v) is 5.88. The largest absolute Gasteiger partial charge is 0.480 e. The van der Waals surface area contributed by atoms with Gasteiger partial charge in [0.05, 0.1) is 6.61 Å². The van der Waals surface area contributed by atoms with Gasteiger partial charge in [0.15, 0.2) is 6.04 Å². The van der Waals surface area contributed by atoms with Gasteiger partial charge in [-0.2, -0.15) is 0 Å². The van der Waals surface area contributed by atoms with Crippen LogP contribution in [0.2, 0.25) is 0 Å². The zero-order chi connectivity index (χ0) is 14.0. The Morgan fingerprint density at radius 3 is 2.50 bits per heavy atom. The minimum Gasteiger partial charge on any atom is -0.480 e. The van der Waals surface area contributed by atoms with E-state index in [-0.39, 0.29) is 6.61 Å². The molecule has 0 saturated heterocycles. The number of hydrogen-bond donors (Lipinski definition) is 3. The summed E-state index contributed by atoms with van der Waals surface area (Å²) in [6.07, 6.45) is 1.83. The highest BCUT2D eigenvalue weighted by Gasteiger charge is 2.19. The van der Waals surface area contributed by atoms with Crippen LogP contribution in [-0.4, -0.2) is 69.0 Å². The van der Waals surface area contributed by atoms with Crippen LogP contribution in [-0.2, 0) is 9.53 Å². The summed E-state index contributed by atoms with van der Waals surface area (Å²) in [7, 11) is 5.36. The van der Waals surface area contributed by atoms with E-state index in [4.69, 9.17) is 9.84 Å². The number of amides is 2. The standard InChI is InChI=1S/C11H23N3O4/c1-14(2)7-5-4-6-12-11(17)13-9(8-18-3)10(15)16/h9H,4-8H2,1-3H3,(H,15,16)(H2,12,13,17). The molecular weight excluding hydrogens is 238 g/mol. The number of rotatable bonds is 9. The van der Waals surface area contributed by atoms with Gasteiger partial charge in [-0.25, -0.2) is 9.59 Å². The highest BCUT2D eigenvalue weighted by Crippen LogP contribution is 1.89. The van der Waals surface area contributed by atoms with Crippen LogP contribution in [0.5, 0.6) is 0 Å². The van der Waals surface area contributed by atoms with E-state index in [0.29, 0.717) is 6.54 Å². The van der Waals surface area contributed by atoms with E-state index in [1.165, 1.54) is 7.11 Å². The van der Waals surface area contributed by atoms with Crippen molar-refractivity contribution in [3.05, 3.63) is 0 Å². The SMILES string of the molecule is COCC(NC(=O)NCCCCN(C)C)C(=O)O. The Bertz CT molecular complexity index is 259. The zero-order valence-corrected chi connectivity index (χ0v) is 11.2. The first-order chi connectivity index (χ1) is 8.47. The molecule has 106 valence electrons. The maximum atomic E-state index is 11.4. The molecule has 0 aliphatic carbocycles. The number of urea groups is 1. The van der Waals surface area contributed by atoms with Gasteiger partial charge in [0.25, 0.3) is 0 Å². The lowest BCUT2D eigenvalue weighted by Crippen LogP contribution is -2.48. The summed E-state index contributed by atoms with van der Waals surface area (Å²) >= 11 is 0. The number of ether oxygens (including phenoxy) is 1. The number of carbonyl (C=O) groups is 2. The minimum atomic E-state index is -1.11. The lowest BCUT2D eigenvalue weighted by molar-refractivity contribution is -0.140. The fourth-order valence-corrected chi connectivity index (χ4v) is 1.31. The number of unbranched alkanes of at least 4 members (excludes halogenated alkanes) is 1.